The van der Waals surface area contributed by atoms with Gasteiger partial charge in [0.1, 0.15) is 6.61 Å². The Morgan fingerprint density at radius 2 is 1.96 bits per heavy atom. The van der Waals surface area contributed by atoms with Crippen molar-refractivity contribution in [3.05, 3.63) is 53.6 Å². The van der Waals surface area contributed by atoms with Crippen LogP contribution in [0.3, 0.4) is 0 Å². The average Bonchev–Trinajstić information content (AvgIpc) is 3.08. The van der Waals surface area contributed by atoms with E-state index in [1.807, 2.05) is 19.1 Å². The standard InChI is InChI=1S/C21H26N4O3/c1-15-7-8-17(23-20(26)14-28-2)13-18(15)24-21(27)22-10-12-25-11-9-16-5-3-4-6-19(16)25/h3-8,13H,9-12,14H2,1-2H3,(H,23,26)(H2,22,24,27). The van der Waals surface area contributed by atoms with E-state index in [-0.39, 0.29) is 18.5 Å². The molecule has 2 aromatic carbocycles. The lowest BCUT2D eigenvalue weighted by Crippen LogP contribution is -2.36. The van der Waals surface area contributed by atoms with E-state index in [1.165, 1.54) is 18.4 Å². The summed E-state index contributed by atoms with van der Waals surface area (Å²) in [5.41, 5.74) is 4.78. The SMILES string of the molecule is COCC(=O)Nc1ccc(C)c(NC(=O)NCCN2CCc3ccccc32)c1. The largest absolute Gasteiger partial charge is 0.375 e. The molecule has 3 N–H and O–H groups in total. The Bertz CT molecular complexity index is 853. The number of ether oxygens (including phenoxy) is 1. The van der Waals surface area contributed by atoms with Crippen molar-refractivity contribution in [3.8, 4) is 0 Å². The molecule has 7 heteroatoms. The molecule has 0 spiro atoms. The molecule has 0 radical (unpaired) electrons. The molecule has 148 valence electrons. The lowest BCUT2D eigenvalue weighted by atomic mass is 10.2. The zero-order valence-corrected chi connectivity index (χ0v) is 16.2. The van der Waals surface area contributed by atoms with Crippen molar-refractivity contribution in [2.75, 3.05) is 48.9 Å². The first-order valence-electron chi connectivity index (χ1n) is 9.34. The van der Waals surface area contributed by atoms with Crippen LogP contribution in [0.2, 0.25) is 0 Å². The van der Waals surface area contributed by atoms with Gasteiger partial charge in [0.2, 0.25) is 5.91 Å². The number of nitrogens with one attached hydrogen (secondary N) is 3. The first kappa shape index (κ1) is 19.7. The molecule has 0 saturated heterocycles. The topological polar surface area (TPSA) is 82.7 Å². The Morgan fingerprint density at radius 1 is 1.14 bits per heavy atom. The number of hydrogen-bond acceptors (Lipinski definition) is 4. The van der Waals surface area contributed by atoms with E-state index in [0.29, 0.717) is 17.9 Å². The molecule has 0 aromatic heterocycles. The summed E-state index contributed by atoms with van der Waals surface area (Å²) in [5, 5.41) is 8.48. The van der Waals surface area contributed by atoms with E-state index >= 15 is 0 Å². The summed E-state index contributed by atoms with van der Waals surface area (Å²) >= 11 is 0. The first-order valence-corrected chi connectivity index (χ1v) is 9.34. The van der Waals surface area contributed by atoms with Gasteiger partial charge in [-0.15, -0.1) is 0 Å². The van der Waals surface area contributed by atoms with Crippen LogP contribution in [-0.4, -0.2) is 45.3 Å². The number of benzene rings is 2. The number of rotatable bonds is 7. The summed E-state index contributed by atoms with van der Waals surface area (Å²) in [6, 6.07) is 13.5. The van der Waals surface area contributed by atoms with Gasteiger partial charge >= 0.3 is 6.03 Å². The summed E-state index contributed by atoms with van der Waals surface area (Å²) in [6.45, 7) is 4.17. The third-order valence-corrected chi connectivity index (χ3v) is 4.70. The fourth-order valence-electron chi connectivity index (χ4n) is 3.27. The number of aryl methyl sites for hydroxylation is 1. The molecule has 1 heterocycles. The molecule has 0 bridgehead atoms. The van der Waals surface area contributed by atoms with Crippen molar-refractivity contribution < 1.29 is 14.3 Å². The highest BCUT2D eigenvalue weighted by atomic mass is 16.5. The minimum Gasteiger partial charge on any atom is -0.375 e. The molecule has 3 rings (SSSR count). The second kappa shape index (κ2) is 9.23. The highest BCUT2D eigenvalue weighted by Crippen LogP contribution is 2.26. The average molecular weight is 382 g/mol. The Labute approximate surface area is 165 Å². The van der Waals surface area contributed by atoms with Crippen LogP contribution in [0, 0.1) is 6.92 Å². The molecular formula is C21H26N4O3. The number of nitrogens with zero attached hydrogens (tertiary/aromatic N) is 1. The van der Waals surface area contributed by atoms with Crippen LogP contribution < -0.4 is 20.9 Å². The minimum atomic E-state index is -0.268. The van der Waals surface area contributed by atoms with Crippen LogP contribution >= 0.6 is 0 Å². The number of methoxy groups -OCH3 is 1. The van der Waals surface area contributed by atoms with E-state index in [2.05, 4.69) is 39.0 Å². The van der Waals surface area contributed by atoms with E-state index in [4.69, 9.17) is 4.74 Å². The monoisotopic (exact) mass is 382 g/mol. The molecule has 7 nitrogen and oxygen atoms in total. The number of carbonyl (C=O) groups excluding carboxylic acids is 2. The highest BCUT2D eigenvalue weighted by molar-refractivity contribution is 5.94. The van der Waals surface area contributed by atoms with Crippen LogP contribution in [0.4, 0.5) is 21.9 Å². The molecule has 1 aliphatic heterocycles. The quantitative estimate of drug-likeness (QED) is 0.688. The second-order valence-corrected chi connectivity index (χ2v) is 6.76. The van der Waals surface area contributed by atoms with Crippen LogP contribution in [-0.2, 0) is 16.0 Å². The zero-order chi connectivity index (χ0) is 19.9. The van der Waals surface area contributed by atoms with Crippen LogP contribution in [0.25, 0.3) is 0 Å². The van der Waals surface area contributed by atoms with Gasteiger partial charge in [-0.1, -0.05) is 24.3 Å². The Morgan fingerprint density at radius 3 is 2.79 bits per heavy atom. The van der Waals surface area contributed by atoms with Crippen LogP contribution in [0.1, 0.15) is 11.1 Å². The molecular weight excluding hydrogens is 356 g/mol. The lowest BCUT2D eigenvalue weighted by molar-refractivity contribution is -0.119. The molecule has 0 aliphatic carbocycles. The molecule has 0 atom stereocenters. The van der Waals surface area contributed by atoms with Gasteiger partial charge in [-0.2, -0.15) is 0 Å². The van der Waals surface area contributed by atoms with Crippen molar-refractivity contribution in [2.45, 2.75) is 13.3 Å². The predicted octanol–water partition coefficient (Wildman–Crippen LogP) is 2.76. The van der Waals surface area contributed by atoms with E-state index in [1.54, 1.807) is 12.1 Å². The Balaban J connectivity index is 1.50. The number of para-hydroxylation sites is 1. The van der Waals surface area contributed by atoms with Crippen molar-refractivity contribution in [1.82, 2.24) is 5.32 Å². The summed E-state index contributed by atoms with van der Waals surface area (Å²) in [6.07, 6.45) is 1.04. The fourth-order valence-corrected chi connectivity index (χ4v) is 3.27. The van der Waals surface area contributed by atoms with Gasteiger partial charge in [-0.3, -0.25) is 4.79 Å². The van der Waals surface area contributed by atoms with Gasteiger partial charge in [0, 0.05) is 43.8 Å². The molecule has 28 heavy (non-hydrogen) atoms. The number of anilines is 3. The normalized spacial score (nSPS) is 12.4. The summed E-state index contributed by atoms with van der Waals surface area (Å²) in [7, 11) is 1.47. The number of fused-ring (bicyclic) bond motifs is 1. The summed E-state index contributed by atoms with van der Waals surface area (Å²) in [5.74, 6) is -0.243. The second-order valence-electron chi connectivity index (χ2n) is 6.76. The van der Waals surface area contributed by atoms with Gasteiger partial charge in [-0.05, 0) is 42.7 Å². The highest BCUT2D eigenvalue weighted by Gasteiger charge is 2.17. The van der Waals surface area contributed by atoms with Crippen molar-refractivity contribution in [1.29, 1.82) is 0 Å². The number of hydrogen-bond donors (Lipinski definition) is 3. The molecule has 1 aliphatic rings. The van der Waals surface area contributed by atoms with Crippen molar-refractivity contribution >= 4 is 29.0 Å². The maximum atomic E-state index is 12.3. The van der Waals surface area contributed by atoms with Crippen LogP contribution in [0.5, 0.6) is 0 Å². The van der Waals surface area contributed by atoms with E-state index in [0.717, 1.165) is 25.1 Å². The summed E-state index contributed by atoms with van der Waals surface area (Å²) in [4.78, 5) is 26.2. The molecule has 2 aromatic rings. The molecule has 3 amide bonds. The maximum absolute atomic E-state index is 12.3. The predicted molar refractivity (Wildman–Crippen MR) is 111 cm³/mol. The summed E-state index contributed by atoms with van der Waals surface area (Å²) < 4.78 is 4.81. The van der Waals surface area contributed by atoms with Gasteiger partial charge in [0.25, 0.3) is 0 Å². The molecule has 0 saturated carbocycles. The smallest absolute Gasteiger partial charge is 0.319 e. The van der Waals surface area contributed by atoms with Gasteiger partial charge in [-0.25, -0.2) is 4.79 Å². The Kier molecular flexibility index (Phi) is 6.49. The first-order chi connectivity index (χ1) is 13.6. The van der Waals surface area contributed by atoms with Gasteiger partial charge in [0.15, 0.2) is 0 Å². The third kappa shape index (κ3) is 5.01. The minimum absolute atomic E-state index is 0.0171. The number of urea groups is 1. The zero-order valence-electron chi connectivity index (χ0n) is 16.2. The fraction of sp³-hybridized carbons (Fsp3) is 0.333. The molecule has 0 unspecified atom stereocenters. The lowest BCUT2D eigenvalue weighted by Gasteiger charge is -2.19. The van der Waals surface area contributed by atoms with E-state index in [9.17, 15) is 9.59 Å². The Hall–Kier alpha value is -3.06. The van der Waals surface area contributed by atoms with Crippen LogP contribution in [0.15, 0.2) is 42.5 Å². The van der Waals surface area contributed by atoms with E-state index < -0.39 is 0 Å². The van der Waals surface area contributed by atoms with Crippen molar-refractivity contribution in [3.63, 3.8) is 0 Å². The number of amides is 3. The van der Waals surface area contributed by atoms with Gasteiger partial charge in [0.05, 0.1) is 0 Å². The maximum Gasteiger partial charge on any atom is 0.319 e. The third-order valence-electron chi connectivity index (χ3n) is 4.70. The molecule has 0 fully saturated rings. The van der Waals surface area contributed by atoms with Gasteiger partial charge < -0.3 is 25.6 Å². The van der Waals surface area contributed by atoms with Crippen molar-refractivity contribution in [2.24, 2.45) is 0 Å². The number of carbonyl (C=O) groups is 2.